The lowest BCUT2D eigenvalue weighted by Crippen LogP contribution is -2.30. The average molecular weight is 366 g/mol. The van der Waals surface area contributed by atoms with Crippen LogP contribution in [0.3, 0.4) is 0 Å². The molecule has 26 heavy (non-hydrogen) atoms. The van der Waals surface area contributed by atoms with Crippen molar-refractivity contribution in [3.05, 3.63) is 70.1 Å². The van der Waals surface area contributed by atoms with Gasteiger partial charge in [-0.15, -0.1) is 11.3 Å². The van der Waals surface area contributed by atoms with Gasteiger partial charge in [-0.25, -0.2) is 5.48 Å². The summed E-state index contributed by atoms with van der Waals surface area (Å²) in [5.41, 5.74) is 4.94. The first-order valence-electron chi connectivity index (χ1n) is 8.49. The van der Waals surface area contributed by atoms with Crippen LogP contribution >= 0.6 is 11.3 Å². The molecule has 1 aliphatic rings. The SMILES string of the molecule is O=C(NO)c1ccc2c(c1)CCCN(C(=O)c1csc3ccccc13)C2. The second-order valence-corrected chi connectivity index (χ2v) is 7.31. The van der Waals surface area contributed by atoms with Gasteiger partial charge in [-0.2, -0.15) is 0 Å². The maximum absolute atomic E-state index is 13.1. The molecule has 2 N–H and O–H groups in total. The highest BCUT2D eigenvalue weighted by Crippen LogP contribution is 2.28. The fourth-order valence-electron chi connectivity index (χ4n) is 3.45. The first kappa shape index (κ1) is 16.8. The molecule has 6 heteroatoms. The van der Waals surface area contributed by atoms with Gasteiger partial charge in [-0.05, 0) is 42.2 Å². The Morgan fingerprint density at radius 2 is 1.96 bits per heavy atom. The third kappa shape index (κ3) is 2.98. The Balaban J connectivity index is 1.63. The first-order chi connectivity index (χ1) is 12.7. The zero-order valence-corrected chi connectivity index (χ0v) is 14.9. The van der Waals surface area contributed by atoms with Crippen molar-refractivity contribution in [2.24, 2.45) is 0 Å². The quantitative estimate of drug-likeness (QED) is 0.538. The van der Waals surface area contributed by atoms with E-state index in [2.05, 4.69) is 0 Å². The Labute approximate surface area is 154 Å². The Bertz CT molecular complexity index is 996. The van der Waals surface area contributed by atoms with Crippen LogP contribution in [0.5, 0.6) is 0 Å². The third-order valence-electron chi connectivity index (χ3n) is 4.80. The normalized spacial score (nSPS) is 14.0. The second kappa shape index (κ2) is 6.90. The highest BCUT2D eigenvalue weighted by molar-refractivity contribution is 7.17. The van der Waals surface area contributed by atoms with Gasteiger partial charge in [0.05, 0.1) is 5.56 Å². The minimum atomic E-state index is -0.519. The van der Waals surface area contributed by atoms with Gasteiger partial charge < -0.3 is 4.90 Å². The lowest BCUT2D eigenvalue weighted by atomic mass is 10.0. The number of aryl methyl sites for hydroxylation is 1. The summed E-state index contributed by atoms with van der Waals surface area (Å²) in [6.07, 6.45) is 1.64. The molecule has 0 fully saturated rings. The van der Waals surface area contributed by atoms with Crippen molar-refractivity contribution in [3.8, 4) is 0 Å². The standard InChI is InChI=1S/C20H18N2O3S/c23-19(21-25)14-7-8-15-11-22(9-3-4-13(15)10-14)20(24)17-12-26-18-6-2-1-5-16(17)18/h1-2,5-8,10,12,25H,3-4,9,11H2,(H,21,23). The van der Waals surface area contributed by atoms with Crippen molar-refractivity contribution in [1.29, 1.82) is 0 Å². The molecule has 3 aromatic rings. The molecule has 4 rings (SSSR count). The molecule has 1 aromatic heterocycles. The van der Waals surface area contributed by atoms with E-state index < -0.39 is 5.91 Å². The summed E-state index contributed by atoms with van der Waals surface area (Å²) in [7, 11) is 0. The minimum absolute atomic E-state index is 0.0486. The maximum Gasteiger partial charge on any atom is 0.274 e. The third-order valence-corrected chi connectivity index (χ3v) is 5.77. The summed E-state index contributed by atoms with van der Waals surface area (Å²) in [5.74, 6) is -0.470. The molecule has 1 aliphatic heterocycles. The van der Waals surface area contributed by atoms with Gasteiger partial charge in [0, 0.05) is 34.1 Å². The second-order valence-electron chi connectivity index (χ2n) is 6.40. The molecule has 2 aromatic carbocycles. The molecule has 0 saturated carbocycles. The zero-order valence-electron chi connectivity index (χ0n) is 14.1. The van der Waals surface area contributed by atoms with E-state index in [-0.39, 0.29) is 5.91 Å². The van der Waals surface area contributed by atoms with Crippen LogP contribution in [0.4, 0.5) is 0 Å². The topological polar surface area (TPSA) is 69.6 Å². The van der Waals surface area contributed by atoms with E-state index in [0.717, 1.165) is 39.6 Å². The van der Waals surface area contributed by atoms with Crippen LogP contribution < -0.4 is 5.48 Å². The van der Waals surface area contributed by atoms with E-state index in [1.165, 1.54) is 0 Å². The van der Waals surface area contributed by atoms with Gasteiger partial charge in [0.25, 0.3) is 11.8 Å². The number of rotatable bonds is 2. The predicted octanol–water partition coefficient (Wildman–Crippen LogP) is 3.61. The van der Waals surface area contributed by atoms with Gasteiger partial charge in [0.1, 0.15) is 0 Å². The molecule has 0 saturated heterocycles. The van der Waals surface area contributed by atoms with E-state index >= 15 is 0 Å². The molecular weight excluding hydrogens is 348 g/mol. The maximum atomic E-state index is 13.1. The van der Waals surface area contributed by atoms with Crippen LogP contribution in [-0.4, -0.2) is 28.5 Å². The van der Waals surface area contributed by atoms with Crippen molar-refractivity contribution >= 4 is 33.2 Å². The number of nitrogens with zero attached hydrogens (tertiary/aromatic N) is 1. The van der Waals surface area contributed by atoms with E-state index in [1.54, 1.807) is 28.9 Å². The van der Waals surface area contributed by atoms with Gasteiger partial charge in [0.2, 0.25) is 0 Å². The molecule has 2 heterocycles. The lowest BCUT2D eigenvalue weighted by Gasteiger charge is -2.21. The number of benzene rings is 2. The Hall–Kier alpha value is -2.70. The first-order valence-corrected chi connectivity index (χ1v) is 9.37. The number of thiophene rings is 1. The largest absolute Gasteiger partial charge is 0.334 e. The number of carbonyl (C=O) groups excluding carboxylic acids is 2. The van der Waals surface area contributed by atoms with Gasteiger partial charge >= 0.3 is 0 Å². The van der Waals surface area contributed by atoms with Crippen molar-refractivity contribution in [1.82, 2.24) is 10.4 Å². The number of hydrogen-bond acceptors (Lipinski definition) is 4. The zero-order chi connectivity index (χ0) is 18.1. The summed E-state index contributed by atoms with van der Waals surface area (Å²) < 4.78 is 1.12. The molecule has 0 spiro atoms. The van der Waals surface area contributed by atoms with E-state index in [4.69, 9.17) is 5.21 Å². The molecule has 5 nitrogen and oxygen atoms in total. The van der Waals surface area contributed by atoms with E-state index in [1.807, 2.05) is 40.6 Å². The van der Waals surface area contributed by atoms with Crippen LogP contribution in [0.1, 0.15) is 38.3 Å². The monoisotopic (exact) mass is 366 g/mol. The predicted molar refractivity (Wildman–Crippen MR) is 101 cm³/mol. The molecule has 0 bridgehead atoms. The molecule has 0 radical (unpaired) electrons. The fraction of sp³-hybridized carbons (Fsp3) is 0.200. The Morgan fingerprint density at radius 3 is 2.81 bits per heavy atom. The van der Waals surface area contributed by atoms with Crippen molar-refractivity contribution in [2.45, 2.75) is 19.4 Å². The van der Waals surface area contributed by atoms with Crippen LogP contribution in [0, 0.1) is 0 Å². The number of hydrogen-bond donors (Lipinski definition) is 2. The molecule has 0 atom stereocenters. The minimum Gasteiger partial charge on any atom is -0.334 e. The van der Waals surface area contributed by atoms with Crippen molar-refractivity contribution in [2.75, 3.05) is 6.54 Å². The summed E-state index contributed by atoms with van der Waals surface area (Å²) in [4.78, 5) is 26.6. The van der Waals surface area contributed by atoms with Crippen molar-refractivity contribution in [3.63, 3.8) is 0 Å². The van der Waals surface area contributed by atoms with Gasteiger partial charge in [0.15, 0.2) is 0 Å². The molecule has 2 amide bonds. The van der Waals surface area contributed by atoms with Crippen LogP contribution in [0.2, 0.25) is 0 Å². The number of carbonyl (C=O) groups is 2. The lowest BCUT2D eigenvalue weighted by molar-refractivity contribution is 0.0705. The van der Waals surface area contributed by atoms with Crippen LogP contribution in [0.25, 0.3) is 10.1 Å². The van der Waals surface area contributed by atoms with E-state index in [9.17, 15) is 9.59 Å². The highest BCUT2D eigenvalue weighted by Gasteiger charge is 2.23. The number of nitrogens with one attached hydrogen (secondary N) is 1. The smallest absolute Gasteiger partial charge is 0.274 e. The highest BCUT2D eigenvalue weighted by atomic mass is 32.1. The molecule has 0 aliphatic carbocycles. The average Bonchev–Trinajstić information content (AvgIpc) is 2.99. The number of fused-ring (bicyclic) bond motifs is 2. The summed E-state index contributed by atoms with van der Waals surface area (Å²) in [5, 5.41) is 11.7. The van der Waals surface area contributed by atoms with Crippen molar-refractivity contribution < 1.29 is 14.8 Å². The molecule has 132 valence electrons. The fourth-order valence-corrected chi connectivity index (χ4v) is 4.39. The Morgan fingerprint density at radius 1 is 1.12 bits per heavy atom. The summed E-state index contributed by atoms with van der Waals surface area (Å²) in [6.45, 7) is 1.21. The van der Waals surface area contributed by atoms with E-state index in [0.29, 0.717) is 18.7 Å². The van der Waals surface area contributed by atoms with Gasteiger partial charge in [-0.3, -0.25) is 14.8 Å². The molecular formula is C20H18N2O3S. The van der Waals surface area contributed by atoms with Crippen LogP contribution in [0.15, 0.2) is 47.8 Å². The Kier molecular flexibility index (Phi) is 4.44. The number of amides is 2. The number of hydroxylamine groups is 1. The summed E-state index contributed by atoms with van der Waals surface area (Å²) >= 11 is 1.59. The van der Waals surface area contributed by atoms with Gasteiger partial charge in [-0.1, -0.05) is 24.3 Å². The van der Waals surface area contributed by atoms with Crippen LogP contribution in [-0.2, 0) is 13.0 Å². The molecule has 0 unspecified atom stereocenters. The summed E-state index contributed by atoms with van der Waals surface area (Å²) in [6, 6.07) is 13.3.